The highest BCUT2D eigenvalue weighted by molar-refractivity contribution is 6.30. The number of nitrogens with two attached hydrogens (primary N) is 1. The third-order valence-corrected chi connectivity index (χ3v) is 2.94. The Hall–Kier alpha value is -2.94. The van der Waals surface area contributed by atoms with Crippen LogP contribution in [0.2, 0.25) is 5.02 Å². The summed E-state index contributed by atoms with van der Waals surface area (Å²) in [6.07, 6.45) is 0. The van der Waals surface area contributed by atoms with E-state index in [4.69, 9.17) is 17.3 Å². The molecule has 0 aliphatic heterocycles. The molecule has 1 aromatic carbocycles. The van der Waals surface area contributed by atoms with E-state index in [0.717, 1.165) is 4.68 Å². The average Bonchev–Trinajstić information content (AvgIpc) is 3.05. The van der Waals surface area contributed by atoms with E-state index in [1.807, 2.05) is 0 Å². The fraction of sp³-hybridized carbons (Fsp3) is 0. The Morgan fingerprint density at radius 2 is 2.00 bits per heavy atom. The fourth-order valence-corrected chi connectivity index (χ4v) is 1.90. The highest BCUT2D eigenvalue weighted by Crippen LogP contribution is 2.27. The van der Waals surface area contributed by atoms with Crippen LogP contribution < -0.4 is 5.73 Å². The summed E-state index contributed by atoms with van der Waals surface area (Å²) in [4.78, 5) is 11.3. The van der Waals surface area contributed by atoms with Crippen molar-refractivity contribution in [3.05, 3.63) is 35.0 Å². The van der Waals surface area contributed by atoms with Crippen molar-refractivity contribution < 1.29 is 14.5 Å². The van der Waals surface area contributed by atoms with Crippen LogP contribution in [0.5, 0.6) is 0 Å². The van der Waals surface area contributed by atoms with Crippen molar-refractivity contribution >= 4 is 23.4 Å². The summed E-state index contributed by atoms with van der Waals surface area (Å²) in [7, 11) is 0. The fourth-order valence-electron chi connectivity index (χ4n) is 1.78. The first-order valence-electron chi connectivity index (χ1n) is 5.61. The molecule has 0 fully saturated rings. The van der Waals surface area contributed by atoms with E-state index in [0.29, 0.717) is 10.6 Å². The molecule has 3 aromatic rings. The molecule has 0 unspecified atom stereocenters. The van der Waals surface area contributed by atoms with Gasteiger partial charge >= 0.3 is 5.97 Å². The maximum Gasteiger partial charge on any atom is 0.358 e. The van der Waals surface area contributed by atoms with Crippen molar-refractivity contribution in [2.24, 2.45) is 0 Å². The van der Waals surface area contributed by atoms with Gasteiger partial charge in [0, 0.05) is 10.6 Å². The molecule has 10 heteroatoms. The first-order valence-corrected chi connectivity index (χ1v) is 5.99. The Kier molecular flexibility index (Phi) is 3.03. The zero-order valence-electron chi connectivity index (χ0n) is 10.3. The Morgan fingerprint density at radius 3 is 2.57 bits per heavy atom. The van der Waals surface area contributed by atoms with Crippen molar-refractivity contribution in [2.45, 2.75) is 0 Å². The van der Waals surface area contributed by atoms with Crippen LogP contribution in [0.25, 0.3) is 17.1 Å². The number of carboxylic acids is 1. The van der Waals surface area contributed by atoms with Crippen molar-refractivity contribution in [1.82, 2.24) is 25.3 Å². The second-order valence-electron chi connectivity index (χ2n) is 3.98. The summed E-state index contributed by atoms with van der Waals surface area (Å²) in [5, 5.41) is 24.1. The van der Waals surface area contributed by atoms with E-state index < -0.39 is 5.97 Å². The molecule has 0 bridgehead atoms. The zero-order valence-corrected chi connectivity index (χ0v) is 11.0. The van der Waals surface area contributed by atoms with Crippen molar-refractivity contribution in [1.29, 1.82) is 0 Å². The van der Waals surface area contributed by atoms with Crippen molar-refractivity contribution in [3.8, 4) is 17.1 Å². The standard InChI is InChI=1S/C11H7ClN6O3/c12-6-3-1-5(2-4-6)8-7(11(19)20)14-17-18(8)10-9(13)15-21-16-10/h1-4H,(H2,13,15)(H,19,20). The van der Waals surface area contributed by atoms with Gasteiger partial charge in [0.25, 0.3) is 0 Å². The lowest BCUT2D eigenvalue weighted by atomic mass is 10.1. The number of rotatable bonds is 3. The van der Waals surface area contributed by atoms with Crippen molar-refractivity contribution in [3.63, 3.8) is 0 Å². The molecule has 2 aromatic heterocycles. The van der Waals surface area contributed by atoms with Crippen LogP contribution >= 0.6 is 11.6 Å². The molecule has 0 aliphatic carbocycles. The molecule has 0 radical (unpaired) electrons. The summed E-state index contributed by atoms with van der Waals surface area (Å²) in [6.45, 7) is 0. The third kappa shape index (κ3) is 2.19. The molecule has 106 valence electrons. The van der Waals surface area contributed by atoms with Crippen LogP contribution in [0.3, 0.4) is 0 Å². The van der Waals surface area contributed by atoms with Gasteiger partial charge < -0.3 is 10.8 Å². The lowest BCUT2D eigenvalue weighted by Gasteiger charge is -2.04. The molecular formula is C11H7ClN6O3. The molecule has 0 spiro atoms. The average molecular weight is 307 g/mol. The molecule has 0 amide bonds. The van der Waals surface area contributed by atoms with Crippen LogP contribution in [0.4, 0.5) is 5.82 Å². The molecule has 0 atom stereocenters. The molecule has 0 aliphatic rings. The van der Waals surface area contributed by atoms with Gasteiger partial charge in [0.2, 0.25) is 11.6 Å². The number of hydrogen-bond acceptors (Lipinski definition) is 7. The van der Waals surface area contributed by atoms with Crippen LogP contribution in [0.15, 0.2) is 28.9 Å². The summed E-state index contributed by atoms with van der Waals surface area (Å²) in [5.41, 5.74) is 6.08. The molecule has 21 heavy (non-hydrogen) atoms. The quantitative estimate of drug-likeness (QED) is 0.738. The Balaban J connectivity index is 2.25. The van der Waals surface area contributed by atoms with Gasteiger partial charge in [-0.05, 0) is 22.4 Å². The SMILES string of the molecule is Nc1nonc1-n1nnc(C(=O)O)c1-c1ccc(Cl)cc1. The van der Waals surface area contributed by atoms with Crippen LogP contribution in [0.1, 0.15) is 10.5 Å². The maximum atomic E-state index is 11.3. The number of halogens is 1. The van der Waals surface area contributed by atoms with Gasteiger partial charge in [-0.1, -0.05) is 28.9 Å². The molecule has 3 N–H and O–H groups in total. The topological polar surface area (TPSA) is 133 Å². The minimum atomic E-state index is -1.23. The minimum absolute atomic E-state index is 0.0351. The first kappa shape index (κ1) is 13.1. The smallest absolute Gasteiger partial charge is 0.358 e. The van der Waals surface area contributed by atoms with E-state index in [1.165, 1.54) is 0 Å². The number of carbonyl (C=O) groups is 1. The van der Waals surface area contributed by atoms with E-state index in [9.17, 15) is 9.90 Å². The largest absolute Gasteiger partial charge is 0.476 e. The lowest BCUT2D eigenvalue weighted by molar-refractivity contribution is 0.0691. The Bertz CT molecular complexity index is 810. The first-order chi connectivity index (χ1) is 10.1. The molecule has 3 rings (SSSR count). The monoisotopic (exact) mass is 306 g/mol. The number of carboxylic acid groups (broad SMARTS) is 1. The minimum Gasteiger partial charge on any atom is -0.476 e. The molecule has 0 saturated heterocycles. The Morgan fingerprint density at radius 1 is 1.29 bits per heavy atom. The van der Waals surface area contributed by atoms with Crippen LogP contribution in [-0.2, 0) is 0 Å². The highest BCUT2D eigenvalue weighted by Gasteiger charge is 2.24. The van der Waals surface area contributed by atoms with Gasteiger partial charge in [-0.25, -0.2) is 9.42 Å². The number of nitrogens with zero attached hydrogens (tertiary/aromatic N) is 5. The lowest BCUT2D eigenvalue weighted by Crippen LogP contribution is -2.05. The van der Waals surface area contributed by atoms with Gasteiger partial charge in [0.1, 0.15) is 5.69 Å². The van der Waals surface area contributed by atoms with E-state index >= 15 is 0 Å². The summed E-state index contributed by atoms with van der Waals surface area (Å²) in [6, 6.07) is 6.50. The number of aromatic nitrogens is 5. The number of nitrogen functional groups attached to an aromatic ring is 1. The predicted molar refractivity (Wildman–Crippen MR) is 71.0 cm³/mol. The summed E-state index contributed by atoms with van der Waals surface area (Å²) < 4.78 is 5.65. The number of benzene rings is 1. The predicted octanol–water partition coefficient (Wildman–Crippen LogP) is 1.25. The normalized spacial score (nSPS) is 10.7. The van der Waals surface area contributed by atoms with E-state index in [1.54, 1.807) is 24.3 Å². The number of anilines is 1. The summed E-state index contributed by atoms with van der Waals surface area (Å²) >= 11 is 5.83. The molecule has 2 heterocycles. The maximum absolute atomic E-state index is 11.3. The van der Waals surface area contributed by atoms with Gasteiger partial charge in [0.15, 0.2) is 5.69 Å². The van der Waals surface area contributed by atoms with Crippen LogP contribution in [0, 0.1) is 0 Å². The van der Waals surface area contributed by atoms with Gasteiger partial charge in [-0.15, -0.1) is 5.10 Å². The highest BCUT2D eigenvalue weighted by atomic mass is 35.5. The van der Waals surface area contributed by atoms with Crippen molar-refractivity contribution in [2.75, 3.05) is 5.73 Å². The second-order valence-corrected chi connectivity index (χ2v) is 4.42. The number of aromatic carboxylic acids is 1. The zero-order chi connectivity index (χ0) is 15.0. The molecule has 9 nitrogen and oxygen atoms in total. The van der Waals surface area contributed by atoms with Gasteiger partial charge in [0.05, 0.1) is 0 Å². The van der Waals surface area contributed by atoms with Gasteiger partial charge in [-0.3, -0.25) is 0 Å². The van der Waals surface area contributed by atoms with Crippen LogP contribution in [-0.4, -0.2) is 36.4 Å². The van der Waals surface area contributed by atoms with Gasteiger partial charge in [-0.2, -0.15) is 4.68 Å². The Labute approximate surface area is 121 Å². The second kappa shape index (κ2) is 4.87. The third-order valence-electron chi connectivity index (χ3n) is 2.69. The molecular weight excluding hydrogens is 300 g/mol. The number of hydrogen-bond donors (Lipinski definition) is 2. The summed E-state index contributed by atoms with van der Waals surface area (Å²) in [5.74, 6) is -1.21. The van der Waals surface area contributed by atoms with E-state index in [-0.39, 0.29) is 23.0 Å². The molecule has 0 saturated carbocycles. The van der Waals surface area contributed by atoms with E-state index in [2.05, 4.69) is 25.3 Å².